The van der Waals surface area contributed by atoms with Gasteiger partial charge in [-0.3, -0.25) is 0 Å². The van der Waals surface area contributed by atoms with Crippen molar-refractivity contribution in [2.45, 2.75) is 19.3 Å². The van der Waals surface area contributed by atoms with Crippen molar-refractivity contribution < 1.29 is 0 Å². The fraction of sp³-hybridized carbons (Fsp3) is 0.0638. The molecule has 4 nitrogen and oxygen atoms in total. The van der Waals surface area contributed by atoms with Crippen LogP contribution >= 0.6 is 0 Å². The van der Waals surface area contributed by atoms with Gasteiger partial charge in [0.1, 0.15) is 0 Å². The average Bonchev–Trinajstić information content (AvgIpc) is 3.43. The van der Waals surface area contributed by atoms with Gasteiger partial charge in [0, 0.05) is 22.1 Å². The van der Waals surface area contributed by atoms with E-state index in [-0.39, 0.29) is 5.41 Å². The van der Waals surface area contributed by atoms with E-state index in [1.54, 1.807) is 0 Å². The van der Waals surface area contributed by atoms with Crippen molar-refractivity contribution in [1.29, 1.82) is 5.26 Å². The summed E-state index contributed by atoms with van der Waals surface area (Å²) >= 11 is 0. The van der Waals surface area contributed by atoms with Crippen LogP contribution in [0.3, 0.4) is 0 Å². The van der Waals surface area contributed by atoms with Crippen LogP contribution < -0.4 is 0 Å². The fourth-order valence-electron chi connectivity index (χ4n) is 7.60. The first-order valence-electron chi connectivity index (χ1n) is 17.2. The van der Waals surface area contributed by atoms with Gasteiger partial charge < -0.3 is 0 Å². The third kappa shape index (κ3) is 5.10. The van der Waals surface area contributed by atoms with Crippen LogP contribution in [0.15, 0.2) is 158 Å². The molecule has 0 saturated carbocycles. The van der Waals surface area contributed by atoms with Crippen molar-refractivity contribution in [3.63, 3.8) is 0 Å². The summed E-state index contributed by atoms with van der Waals surface area (Å²) < 4.78 is 0. The maximum absolute atomic E-state index is 9.65. The SMILES string of the molecule is CC1(C)c2cc(C#N)ccc2-c2c(-c3ccc(-c4ccc(-c5nc(-c6ccccc6)nc(-c6ccccc6)n5)cc4)c4ccccc34)cccc21. The van der Waals surface area contributed by atoms with E-state index in [0.717, 1.165) is 22.3 Å². The highest BCUT2D eigenvalue weighted by atomic mass is 15.0. The molecule has 1 aliphatic rings. The third-order valence-corrected chi connectivity index (χ3v) is 10.2. The molecule has 9 rings (SSSR count). The molecule has 4 heteroatoms. The number of benzene rings is 7. The van der Waals surface area contributed by atoms with Crippen LogP contribution in [-0.4, -0.2) is 15.0 Å². The first kappa shape index (κ1) is 30.4. The fourth-order valence-corrected chi connectivity index (χ4v) is 7.60. The molecule has 1 aliphatic carbocycles. The summed E-state index contributed by atoms with van der Waals surface area (Å²) in [5.74, 6) is 1.93. The monoisotopic (exact) mass is 652 g/mol. The van der Waals surface area contributed by atoms with Gasteiger partial charge in [0.05, 0.1) is 11.6 Å². The molecular weight excluding hydrogens is 621 g/mol. The van der Waals surface area contributed by atoms with Gasteiger partial charge in [-0.1, -0.05) is 159 Å². The van der Waals surface area contributed by atoms with Crippen LogP contribution in [0.25, 0.3) is 78.3 Å². The van der Waals surface area contributed by atoms with E-state index in [2.05, 4.69) is 111 Å². The van der Waals surface area contributed by atoms with Gasteiger partial charge in [0.25, 0.3) is 0 Å². The summed E-state index contributed by atoms with van der Waals surface area (Å²) in [4.78, 5) is 14.7. The van der Waals surface area contributed by atoms with Crippen LogP contribution in [0.5, 0.6) is 0 Å². The average molecular weight is 653 g/mol. The van der Waals surface area contributed by atoms with Crippen LogP contribution in [0.4, 0.5) is 0 Å². The number of nitriles is 1. The molecule has 240 valence electrons. The standard InChI is InChI=1S/C47H32N4/c1-47(2)41-19-11-18-39(43(41)40-25-20-30(29-48)28-42(40)47)38-27-26-35(36-16-9-10-17-37(36)38)31-21-23-34(24-22-31)46-50-44(32-12-5-3-6-13-32)49-45(51-46)33-14-7-4-8-15-33/h3-28H,1-2H3. The van der Waals surface area contributed by atoms with Gasteiger partial charge in [0.15, 0.2) is 17.5 Å². The lowest BCUT2D eigenvalue weighted by atomic mass is 9.81. The maximum atomic E-state index is 9.65. The summed E-state index contributed by atoms with van der Waals surface area (Å²) in [6.45, 7) is 4.52. The lowest BCUT2D eigenvalue weighted by Crippen LogP contribution is -2.15. The Morgan fingerprint density at radius 1 is 0.431 bits per heavy atom. The van der Waals surface area contributed by atoms with Gasteiger partial charge in [0.2, 0.25) is 0 Å². The second-order valence-electron chi connectivity index (χ2n) is 13.5. The third-order valence-electron chi connectivity index (χ3n) is 10.2. The minimum atomic E-state index is -0.201. The Morgan fingerprint density at radius 3 is 1.55 bits per heavy atom. The number of fused-ring (bicyclic) bond motifs is 4. The first-order valence-corrected chi connectivity index (χ1v) is 17.2. The number of hydrogen-bond donors (Lipinski definition) is 0. The van der Waals surface area contributed by atoms with E-state index in [9.17, 15) is 5.26 Å². The highest BCUT2D eigenvalue weighted by Crippen LogP contribution is 2.53. The second kappa shape index (κ2) is 12.0. The predicted molar refractivity (Wildman–Crippen MR) is 207 cm³/mol. The number of rotatable bonds is 5. The molecule has 7 aromatic carbocycles. The summed E-state index contributed by atoms with van der Waals surface area (Å²) in [5, 5.41) is 12.0. The van der Waals surface area contributed by atoms with Gasteiger partial charge >= 0.3 is 0 Å². The van der Waals surface area contributed by atoms with Crippen molar-refractivity contribution in [1.82, 2.24) is 15.0 Å². The molecular formula is C47H32N4. The normalized spacial score (nSPS) is 12.6. The van der Waals surface area contributed by atoms with Gasteiger partial charge in [-0.05, 0) is 67.4 Å². The van der Waals surface area contributed by atoms with Crippen molar-refractivity contribution in [3.05, 3.63) is 174 Å². The van der Waals surface area contributed by atoms with Crippen molar-refractivity contribution >= 4 is 10.8 Å². The highest BCUT2D eigenvalue weighted by molar-refractivity contribution is 6.08. The minimum Gasteiger partial charge on any atom is -0.208 e. The summed E-state index contributed by atoms with van der Waals surface area (Å²) in [7, 11) is 0. The topological polar surface area (TPSA) is 62.5 Å². The van der Waals surface area contributed by atoms with Crippen LogP contribution in [0.1, 0.15) is 30.5 Å². The zero-order chi connectivity index (χ0) is 34.5. The van der Waals surface area contributed by atoms with E-state index >= 15 is 0 Å². The molecule has 1 heterocycles. The zero-order valence-electron chi connectivity index (χ0n) is 28.3. The molecule has 8 aromatic rings. The Labute approximate surface area is 297 Å². The van der Waals surface area contributed by atoms with Crippen molar-refractivity contribution in [3.8, 4) is 73.6 Å². The highest BCUT2D eigenvalue weighted by Gasteiger charge is 2.37. The molecule has 0 radical (unpaired) electrons. The van der Waals surface area contributed by atoms with Gasteiger partial charge in [-0.15, -0.1) is 0 Å². The lowest BCUT2D eigenvalue weighted by Gasteiger charge is -2.22. The van der Waals surface area contributed by atoms with Crippen LogP contribution in [-0.2, 0) is 5.41 Å². The molecule has 0 saturated heterocycles. The molecule has 0 bridgehead atoms. The Kier molecular flexibility index (Phi) is 7.15. The number of nitrogens with zero attached hydrogens (tertiary/aromatic N) is 4. The molecule has 0 spiro atoms. The molecule has 0 N–H and O–H groups in total. The molecule has 0 atom stereocenters. The molecule has 1 aromatic heterocycles. The van der Waals surface area contributed by atoms with Gasteiger partial charge in [-0.2, -0.15) is 5.26 Å². The Balaban J connectivity index is 1.14. The van der Waals surface area contributed by atoms with Crippen LogP contribution in [0, 0.1) is 11.3 Å². The van der Waals surface area contributed by atoms with Gasteiger partial charge in [-0.25, -0.2) is 15.0 Å². The van der Waals surface area contributed by atoms with Crippen LogP contribution in [0.2, 0.25) is 0 Å². The van der Waals surface area contributed by atoms with E-state index < -0.39 is 0 Å². The first-order chi connectivity index (χ1) is 25.0. The Morgan fingerprint density at radius 2 is 0.941 bits per heavy atom. The lowest BCUT2D eigenvalue weighted by molar-refractivity contribution is 0.660. The second-order valence-corrected chi connectivity index (χ2v) is 13.5. The summed E-state index contributed by atoms with van der Waals surface area (Å²) in [6, 6.07) is 56.9. The molecule has 51 heavy (non-hydrogen) atoms. The summed E-state index contributed by atoms with van der Waals surface area (Å²) in [5.41, 5.74) is 13.0. The molecule has 0 fully saturated rings. The van der Waals surface area contributed by atoms with E-state index in [0.29, 0.717) is 23.0 Å². The van der Waals surface area contributed by atoms with E-state index in [1.165, 1.54) is 49.7 Å². The predicted octanol–water partition coefficient (Wildman–Crippen LogP) is 11.5. The van der Waals surface area contributed by atoms with E-state index in [1.807, 2.05) is 66.7 Å². The number of hydrogen-bond acceptors (Lipinski definition) is 4. The smallest absolute Gasteiger partial charge is 0.164 e. The molecule has 0 aliphatic heterocycles. The largest absolute Gasteiger partial charge is 0.208 e. The van der Waals surface area contributed by atoms with Crippen molar-refractivity contribution in [2.75, 3.05) is 0 Å². The Hall–Kier alpha value is -6.70. The maximum Gasteiger partial charge on any atom is 0.164 e. The summed E-state index contributed by atoms with van der Waals surface area (Å²) in [6.07, 6.45) is 0. The Bertz CT molecular complexity index is 2600. The molecule has 0 amide bonds. The zero-order valence-corrected chi connectivity index (χ0v) is 28.3. The molecule has 0 unspecified atom stereocenters. The van der Waals surface area contributed by atoms with E-state index in [4.69, 9.17) is 15.0 Å². The number of aromatic nitrogens is 3. The quantitative estimate of drug-likeness (QED) is 0.186. The minimum absolute atomic E-state index is 0.201. The van der Waals surface area contributed by atoms with Crippen molar-refractivity contribution in [2.24, 2.45) is 0 Å².